The van der Waals surface area contributed by atoms with Crippen LogP contribution >= 0.6 is 19.3 Å². The fourth-order valence-corrected chi connectivity index (χ4v) is 2.99. The molecule has 1 aromatic heterocycles. The lowest BCUT2D eigenvalue weighted by atomic mass is 10.3. The molecule has 1 aliphatic heterocycles. The van der Waals surface area contributed by atoms with E-state index in [2.05, 4.69) is 10.1 Å². The molecule has 3 rings (SSSR count). The summed E-state index contributed by atoms with van der Waals surface area (Å²) in [4.78, 5) is 4.00. The molecule has 1 aromatic carbocycles. The van der Waals surface area contributed by atoms with Gasteiger partial charge in [-0.05, 0) is 36.4 Å². The standard InChI is InChI=1S/C11H8ClN2O3P/c12-8-3-5-9(6-4-8)16-18(15)14-11-10(17-18)2-1-7-13-11/h1-7H,(H,13,14,15). The summed E-state index contributed by atoms with van der Waals surface area (Å²) in [5, 5.41) is 3.22. The molecule has 1 atom stereocenters. The van der Waals surface area contributed by atoms with Gasteiger partial charge in [0.05, 0.1) is 0 Å². The molecular formula is C11H8ClN2O3P. The summed E-state index contributed by atoms with van der Waals surface area (Å²) in [5.74, 6) is 1.23. The molecule has 0 spiro atoms. The van der Waals surface area contributed by atoms with Gasteiger partial charge in [-0.3, -0.25) is 5.09 Å². The first-order valence-corrected chi connectivity index (χ1v) is 7.05. The highest BCUT2D eigenvalue weighted by Gasteiger charge is 2.37. The van der Waals surface area contributed by atoms with Gasteiger partial charge in [-0.15, -0.1) is 0 Å². The monoisotopic (exact) mass is 282 g/mol. The SMILES string of the molecule is O=P1(Oc2ccc(Cl)cc2)Nc2ncccc2O1. The van der Waals surface area contributed by atoms with E-state index in [-0.39, 0.29) is 0 Å². The first-order valence-electron chi connectivity index (χ1n) is 5.13. The van der Waals surface area contributed by atoms with E-state index in [1.165, 1.54) is 0 Å². The Morgan fingerprint density at radius 3 is 2.78 bits per heavy atom. The minimum atomic E-state index is -3.44. The number of nitrogens with zero attached hydrogens (tertiary/aromatic N) is 1. The quantitative estimate of drug-likeness (QED) is 0.851. The number of pyridine rings is 1. The van der Waals surface area contributed by atoms with Gasteiger partial charge in [0.25, 0.3) is 0 Å². The second-order valence-electron chi connectivity index (χ2n) is 3.60. The second kappa shape index (κ2) is 4.19. The molecule has 5 nitrogen and oxygen atoms in total. The molecule has 2 heterocycles. The van der Waals surface area contributed by atoms with E-state index in [1.54, 1.807) is 42.6 Å². The lowest BCUT2D eigenvalue weighted by Crippen LogP contribution is -2.02. The Hall–Kier alpha value is -1.71. The van der Waals surface area contributed by atoms with Crippen LogP contribution in [0.1, 0.15) is 0 Å². The van der Waals surface area contributed by atoms with E-state index >= 15 is 0 Å². The number of fused-ring (bicyclic) bond motifs is 1. The molecule has 1 aliphatic rings. The van der Waals surface area contributed by atoms with Crippen LogP contribution < -0.4 is 14.1 Å². The Balaban J connectivity index is 1.83. The summed E-state index contributed by atoms with van der Waals surface area (Å²) in [6.45, 7) is 0. The van der Waals surface area contributed by atoms with Gasteiger partial charge in [-0.25, -0.2) is 9.55 Å². The van der Waals surface area contributed by atoms with E-state index in [9.17, 15) is 4.57 Å². The average molecular weight is 283 g/mol. The average Bonchev–Trinajstić information content (AvgIpc) is 2.68. The Morgan fingerprint density at radius 2 is 2.06 bits per heavy atom. The normalized spacial score (nSPS) is 20.7. The molecule has 1 N–H and O–H groups in total. The van der Waals surface area contributed by atoms with E-state index in [1.807, 2.05) is 0 Å². The third kappa shape index (κ3) is 2.15. The summed E-state index contributed by atoms with van der Waals surface area (Å²) in [7, 11) is -3.44. The van der Waals surface area contributed by atoms with Gasteiger partial charge in [0, 0.05) is 11.2 Å². The summed E-state index contributed by atoms with van der Waals surface area (Å²) >= 11 is 5.75. The Morgan fingerprint density at radius 1 is 1.28 bits per heavy atom. The van der Waals surface area contributed by atoms with E-state index in [0.717, 1.165) is 0 Å². The van der Waals surface area contributed by atoms with Crippen LogP contribution in [0.3, 0.4) is 0 Å². The van der Waals surface area contributed by atoms with E-state index < -0.39 is 7.75 Å². The highest BCUT2D eigenvalue weighted by Crippen LogP contribution is 2.55. The lowest BCUT2D eigenvalue weighted by molar-refractivity contribution is 0.402. The fourth-order valence-electron chi connectivity index (χ4n) is 1.51. The van der Waals surface area contributed by atoms with Crippen molar-refractivity contribution in [2.75, 3.05) is 5.09 Å². The van der Waals surface area contributed by atoms with Crippen molar-refractivity contribution in [1.29, 1.82) is 0 Å². The van der Waals surface area contributed by atoms with Crippen molar-refractivity contribution in [3.8, 4) is 11.5 Å². The molecule has 1 unspecified atom stereocenters. The topological polar surface area (TPSA) is 60.5 Å². The minimum absolute atomic E-state index is 0.406. The maximum absolute atomic E-state index is 12.3. The first-order chi connectivity index (χ1) is 8.65. The van der Waals surface area contributed by atoms with Gasteiger partial charge in [-0.1, -0.05) is 11.6 Å². The Kier molecular flexibility index (Phi) is 2.65. The third-order valence-electron chi connectivity index (χ3n) is 2.27. The maximum atomic E-state index is 12.3. The van der Waals surface area contributed by atoms with Crippen LogP contribution in [0.4, 0.5) is 5.82 Å². The zero-order valence-corrected chi connectivity index (χ0v) is 10.7. The minimum Gasteiger partial charge on any atom is -0.400 e. The van der Waals surface area contributed by atoms with Gasteiger partial charge in [0.15, 0.2) is 11.6 Å². The molecular weight excluding hydrogens is 275 g/mol. The number of nitrogens with one attached hydrogen (secondary N) is 1. The van der Waals surface area contributed by atoms with Crippen molar-refractivity contribution in [3.05, 3.63) is 47.6 Å². The molecule has 0 saturated heterocycles. The van der Waals surface area contributed by atoms with Crippen LogP contribution in [0.15, 0.2) is 42.6 Å². The predicted molar refractivity (Wildman–Crippen MR) is 68.2 cm³/mol. The fraction of sp³-hybridized carbons (Fsp3) is 0. The molecule has 92 valence electrons. The smallest absolute Gasteiger partial charge is 0.400 e. The molecule has 18 heavy (non-hydrogen) atoms. The van der Waals surface area contributed by atoms with Gasteiger partial charge in [-0.2, -0.15) is 0 Å². The van der Waals surface area contributed by atoms with Crippen LogP contribution in [0, 0.1) is 0 Å². The molecule has 0 aliphatic carbocycles. The number of anilines is 1. The summed E-state index contributed by atoms with van der Waals surface area (Å²) in [5.41, 5.74) is 0. The number of hydrogen-bond acceptors (Lipinski definition) is 4. The van der Waals surface area contributed by atoms with E-state index in [0.29, 0.717) is 22.3 Å². The predicted octanol–water partition coefficient (Wildman–Crippen LogP) is 3.73. The third-order valence-corrected chi connectivity index (χ3v) is 3.90. The zero-order chi connectivity index (χ0) is 12.6. The number of benzene rings is 1. The molecule has 7 heteroatoms. The van der Waals surface area contributed by atoms with Crippen molar-refractivity contribution < 1.29 is 13.6 Å². The lowest BCUT2D eigenvalue weighted by Gasteiger charge is -2.12. The van der Waals surface area contributed by atoms with Gasteiger partial charge in [0.2, 0.25) is 0 Å². The molecule has 2 aromatic rings. The number of halogens is 1. The summed E-state index contributed by atoms with van der Waals surface area (Å²) in [6, 6.07) is 9.88. The van der Waals surface area contributed by atoms with Crippen molar-refractivity contribution in [2.45, 2.75) is 0 Å². The van der Waals surface area contributed by atoms with Crippen molar-refractivity contribution in [3.63, 3.8) is 0 Å². The van der Waals surface area contributed by atoms with Crippen LogP contribution in [-0.4, -0.2) is 4.98 Å². The number of hydrogen-bond donors (Lipinski definition) is 1. The van der Waals surface area contributed by atoms with E-state index in [4.69, 9.17) is 20.6 Å². The summed E-state index contributed by atoms with van der Waals surface area (Å²) in [6.07, 6.45) is 1.58. The highest BCUT2D eigenvalue weighted by molar-refractivity contribution is 7.56. The Labute approximate surface area is 108 Å². The number of aromatic nitrogens is 1. The highest BCUT2D eigenvalue weighted by atomic mass is 35.5. The molecule has 0 amide bonds. The molecule has 0 radical (unpaired) electrons. The van der Waals surface area contributed by atoms with Crippen LogP contribution in [0.2, 0.25) is 5.02 Å². The zero-order valence-electron chi connectivity index (χ0n) is 9.04. The van der Waals surface area contributed by atoms with Crippen molar-refractivity contribution in [2.24, 2.45) is 0 Å². The second-order valence-corrected chi connectivity index (χ2v) is 5.62. The van der Waals surface area contributed by atoms with Gasteiger partial charge < -0.3 is 9.05 Å². The largest absolute Gasteiger partial charge is 0.543 e. The van der Waals surface area contributed by atoms with Crippen molar-refractivity contribution in [1.82, 2.24) is 4.98 Å². The van der Waals surface area contributed by atoms with Gasteiger partial charge >= 0.3 is 7.75 Å². The Bertz CT molecular complexity index is 603. The molecule has 0 saturated carbocycles. The van der Waals surface area contributed by atoms with Crippen LogP contribution in [0.25, 0.3) is 0 Å². The van der Waals surface area contributed by atoms with Crippen LogP contribution in [0.5, 0.6) is 11.5 Å². The van der Waals surface area contributed by atoms with Crippen LogP contribution in [-0.2, 0) is 4.57 Å². The number of rotatable bonds is 2. The molecule has 0 fully saturated rings. The first kappa shape index (κ1) is 11.4. The molecule has 0 bridgehead atoms. The summed E-state index contributed by atoms with van der Waals surface area (Å²) < 4.78 is 22.9. The van der Waals surface area contributed by atoms with Gasteiger partial charge in [0.1, 0.15) is 5.75 Å². The van der Waals surface area contributed by atoms with Crippen molar-refractivity contribution >= 4 is 25.2 Å². The maximum Gasteiger partial charge on any atom is 0.543 e.